The van der Waals surface area contributed by atoms with E-state index in [4.69, 9.17) is 4.74 Å². The standard InChI is InChI=1S/C14H23BrN2O/c1-12(10-16-8-9-18-3)17(2)11-13-6-4-5-7-14(13)15/h4-7,12,16H,8-11H2,1-3H3. The highest BCUT2D eigenvalue weighted by Gasteiger charge is 2.10. The minimum Gasteiger partial charge on any atom is -0.383 e. The van der Waals surface area contributed by atoms with Crippen LogP contribution >= 0.6 is 15.9 Å². The van der Waals surface area contributed by atoms with Crippen LogP contribution in [0.1, 0.15) is 12.5 Å². The Morgan fingerprint density at radius 3 is 2.78 bits per heavy atom. The van der Waals surface area contributed by atoms with E-state index in [1.54, 1.807) is 7.11 Å². The molecule has 4 heteroatoms. The summed E-state index contributed by atoms with van der Waals surface area (Å²) in [6.45, 7) is 5.83. The fourth-order valence-corrected chi connectivity index (χ4v) is 2.10. The molecule has 3 nitrogen and oxygen atoms in total. The summed E-state index contributed by atoms with van der Waals surface area (Å²) in [6, 6.07) is 8.86. The summed E-state index contributed by atoms with van der Waals surface area (Å²) in [6.07, 6.45) is 0. The molecule has 1 unspecified atom stereocenters. The zero-order valence-electron chi connectivity index (χ0n) is 11.4. The van der Waals surface area contributed by atoms with E-state index in [9.17, 15) is 0 Å². The molecule has 1 rings (SSSR count). The molecule has 0 bridgehead atoms. The molecule has 0 fully saturated rings. The van der Waals surface area contributed by atoms with Crippen molar-refractivity contribution in [2.24, 2.45) is 0 Å². The van der Waals surface area contributed by atoms with Gasteiger partial charge >= 0.3 is 0 Å². The average molecular weight is 315 g/mol. The molecule has 18 heavy (non-hydrogen) atoms. The maximum atomic E-state index is 5.01. The third-order valence-corrected chi connectivity index (χ3v) is 3.83. The minimum absolute atomic E-state index is 0.494. The van der Waals surface area contributed by atoms with E-state index in [-0.39, 0.29) is 0 Å². The molecule has 1 N–H and O–H groups in total. The molecule has 102 valence electrons. The number of benzene rings is 1. The van der Waals surface area contributed by atoms with E-state index in [2.05, 4.69) is 58.3 Å². The summed E-state index contributed by atoms with van der Waals surface area (Å²) in [5, 5.41) is 3.39. The number of hydrogen-bond acceptors (Lipinski definition) is 3. The summed E-state index contributed by atoms with van der Waals surface area (Å²) < 4.78 is 6.19. The lowest BCUT2D eigenvalue weighted by Crippen LogP contribution is -2.38. The van der Waals surface area contributed by atoms with Gasteiger partial charge in [0.05, 0.1) is 6.61 Å². The van der Waals surface area contributed by atoms with Crippen LogP contribution in [-0.4, -0.2) is 44.8 Å². The Morgan fingerprint density at radius 2 is 2.11 bits per heavy atom. The molecule has 0 heterocycles. The maximum absolute atomic E-state index is 5.01. The van der Waals surface area contributed by atoms with Crippen molar-refractivity contribution in [2.45, 2.75) is 19.5 Å². The molecular weight excluding hydrogens is 292 g/mol. The van der Waals surface area contributed by atoms with Gasteiger partial charge in [-0.1, -0.05) is 34.1 Å². The van der Waals surface area contributed by atoms with Crippen molar-refractivity contribution in [3.8, 4) is 0 Å². The first-order chi connectivity index (χ1) is 8.65. The minimum atomic E-state index is 0.494. The van der Waals surface area contributed by atoms with Gasteiger partial charge in [-0.05, 0) is 25.6 Å². The fraction of sp³-hybridized carbons (Fsp3) is 0.571. The Balaban J connectivity index is 2.35. The van der Waals surface area contributed by atoms with Gasteiger partial charge in [-0.2, -0.15) is 0 Å². The molecule has 0 saturated carbocycles. The molecule has 1 atom stereocenters. The van der Waals surface area contributed by atoms with E-state index >= 15 is 0 Å². The number of methoxy groups -OCH3 is 1. The second-order valence-corrected chi connectivity index (χ2v) is 5.41. The van der Waals surface area contributed by atoms with Crippen LogP contribution in [0.4, 0.5) is 0 Å². The molecule has 1 aromatic rings. The Labute approximate surface area is 119 Å². The summed E-state index contributed by atoms with van der Waals surface area (Å²) in [5.41, 5.74) is 1.32. The molecule has 0 radical (unpaired) electrons. The van der Waals surface area contributed by atoms with Crippen molar-refractivity contribution in [3.63, 3.8) is 0 Å². The van der Waals surface area contributed by atoms with Gasteiger partial charge in [0, 0.05) is 37.3 Å². The molecular formula is C14H23BrN2O. The number of hydrogen-bond donors (Lipinski definition) is 1. The lowest BCUT2D eigenvalue weighted by Gasteiger charge is -2.25. The van der Waals surface area contributed by atoms with Gasteiger partial charge in [0.25, 0.3) is 0 Å². The molecule has 0 aliphatic heterocycles. The van der Waals surface area contributed by atoms with Gasteiger partial charge in [-0.3, -0.25) is 4.90 Å². The zero-order valence-corrected chi connectivity index (χ0v) is 13.0. The Kier molecular flexibility index (Phi) is 7.51. The molecule has 1 aromatic carbocycles. The first-order valence-electron chi connectivity index (χ1n) is 6.28. The smallest absolute Gasteiger partial charge is 0.0587 e. The number of nitrogens with one attached hydrogen (secondary N) is 1. The van der Waals surface area contributed by atoms with E-state index in [1.165, 1.54) is 10.0 Å². The van der Waals surface area contributed by atoms with Crippen molar-refractivity contribution >= 4 is 15.9 Å². The quantitative estimate of drug-likeness (QED) is 0.746. The Bertz CT molecular complexity index is 346. The molecule has 0 aromatic heterocycles. The van der Waals surface area contributed by atoms with Crippen LogP contribution in [0, 0.1) is 0 Å². The van der Waals surface area contributed by atoms with E-state index in [0.29, 0.717) is 6.04 Å². The van der Waals surface area contributed by atoms with E-state index in [1.807, 2.05) is 6.07 Å². The topological polar surface area (TPSA) is 24.5 Å². The summed E-state index contributed by atoms with van der Waals surface area (Å²) in [5.74, 6) is 0. The molecule has 0 aliphatic rings. The van der Waals surface area contributed by atoms with Crippen molar-refractivity contribution in [2.75, 3.05) is 33.9 Å². The second kappa shape index (κ2) is 8.64. The largest absolute Gasteiger partial charge is 0.383 e. The van der Waals surface area contributed by atoms with E-state index < -0.39 is 0 Å². The Morgan fingerprint density at radius 1 is 1.39 bits per heavy atom. The lowest BCUT2D eigenvalue weighted by atomic mass is 10.2. The lowest BCUT2D eigenvalue weighted by molar-refractivity contribution is 0.191. The first-order valence-corrected chi connectivity index (χ1v) is 7.07. The third kappa shape index (κ3) is 5.48. The monoisotopic (exact) mass is 314 g/mol. The highest BCUT2D eigenvalue weighted by Crippen LogP contribution is 2.17. The van der Waals surface area contributed by atoms with E-state index in [0.717, 1.165) is 26.2 Å². The van der Waals surface area contributed by atoms with Gasteiger partial charge in [0.2, 0.25) is 0 Å². The molecule has 0 spiro atoms. The molecule has 0 saturated heterocycles. The van der Waals surface area contributed by atoms with Crippen LogP contribution < -0.4 is 5.32 Å². The molecule has 0 amide bonds. The van der Waals surface area contributed by atoms with Crippen LogP contribution in [-0.2, 0) is 11.3 Å². The average Bonchev–Trinajstić information content (AvgIpc) is 2.37. The third-order valence-electron chi connectivity index (χ3n) is 3.05. The fourth-order valence-electron chi connectivity index (χ4n) is 1.69. The first kappa shape index (κ1) is 15.6. The highest BCUT2D eigenvalue weighted by atomic mass is 79.9. The Hall–Kier alpha value is -0.420. The number of halogens is 1. The van der Waals surface area contributed by atoms with Crippen LogP contribution in [0.3, 0.4) is 0 Å². The summed E-state index contributed by atoms with van der Waals surface area (Å²) >= 11 is 3.59. The van der Waals surface area contributed by atoms with Crippen LogP contribution in [0.5, 0.6) is 0 Å². The predicted molar refractivity (Wildman–Crippen MR) is 79.8 cm³/mol. The summed E-state index contributed by atoms with van der Waals surface area (Å²) in [4.78, 5) is 2.35. The van der Waals surface area contributed by atoms with Crippen LogP contribution in [0.15, 0.2) is 28.7 Å². The number of nitrogens with zero attached hydrogens (tertiary/aromatic N) is 1. The number of rotatable bonds is 8. The number of ether oxygens (including phenoxy) is 1. The van der Waals surface area contributed by atoms with Crippen molar-refractivity contribution in [1.82, 2.24) is 10.2 Å². The highest BCUT2D eigenvalue weighted by molar-refractivity contribution is 9.10. The van der Waals surface area contributed by atoms with Crippen LogP contribution in [0.25, 0.3) is 0 Å². The predicted octanol–water partition coefficient (Wildman–Crippen LogP) is 2.51. The molecule has 0 aliphatic carbocycles. The van der Waals surface area contributed by atoms with Gasteiger partial charge in [-0.15, -0.1) is 0 Å². The maximum Gasteiger partial charge on any atom is 0.0587 e. The summed E-state index contributed by atoms with van der Waals surface area (Å²) in [7, 11) is 3.88. The van der Waals surface area contributed by atoms with Gasteiger partial charge in [0.1, 0.15) is 0 Å². The van der Waals surface area contributed by atoms with Crippen molar-refractivity contribution in [3.05, 3.63) is 34.3 Å². The van der Waals surface area contributed by atoms with Crippen LogP contribution in [0.2, 0.25) is 0 Å². The SMILES string of the molecule is COCCNCC(C)N(C)Cc1ccccc1Br. The van der Waals surface area contributed by atoms with Crippen molar-refractivity contribution < 1.29 is 4.74 Å². The second-order valence-electron chi connectivity index (χ2n) is 4.55. The van der Waals surface area contributed by atoms with Gasteiger partial charge in [-0.25, -0.2) is 0 Å². The van der Waals surface area contributed by atoms with Gasteiger partial charge in [0.15, 0.2) is 0 Å². The number of likely N-dealkylation sites (N-methyl/N-ethyl adjacent to an activating group) is 1. The normalized spacial score (nSPS) is 12.9. The zero-order chi connectivity index (χ0) is 13.4. The van der Waals surface area contributed by atoms with Gasteiger partial charge < -0.3 is 10.1 Å². The van der Waals surface area contributed by atoms with Crippen molar-refractivity contribution in [1.29, 1.82) is 0 Å².